The Morgan fingerprint density at radius 2 is 1.88 bits per heavy atom. The van der Waals surface area contributed by atoms with Crippen LogP contribution in [0.1, 0.15) is 56.0 Å². The first kappa shape index (κ1) is 21.5. The fraction of sp³-hybridized carbons (Fsp3) is 0.474. The maximum Gasteiger partial charge on any atom is 0.191 e. The fourth-order valence-corrected chi connectivity index (χ4v) is 2.43. The number of aromatic nitrogens is 1. The molecule has 1 unspecified atom stereocenters. The Morgan fingerprint density at radius 1 is 1.16 bits per heavy atom. The summed E-state index contributed by atoms with van der Waals surface area (Å²) in [7, 11) is 1.77. The van der Waals surface area contributed by atoms with Crippen LogP contribution in [0.25, 0.3) is 0 Å². The predicted octanol–water partition coefficient (Wildman–Crippen LogP) is 4.27. The minimum atomic E-state index is 0. The second kappa shape index (κ2) is 11.1. The maximum atomic E-state index is 5.33. The molecule has 0 aliphatic heterocycles. The van der Waals surface area contributed by atoms with Gasteiger partial charge in [-0.1, -0.05) is 56.3 Å². The van der Waals surface area contributed by atoms with Crippen LogP contribution in [0.5, 0.6) is 0 Å². The molecule has 0 saturated carbocycles. The van der Waals surface area contributed by atoms with Crippen molar-refractivity contribution in [3.05, 3.63) is 53.4 Å². The molecule has 0 amide bonds. The molecule has 2 N–H and O–H groups in total. The van der Waals surface area contributed by atoms with Crippen LogP contribution < -0.4 is 10.6 Å². The molecule has 2 aromatic rings. The third-order valence-corrected chi connectivity index (χ3v) is 4.06. The topological polar surface area (TPSA) is 62.5 Å². The fourth-order valence-electron chi connectivity index (χ4n) is 2.43. The lowest BCUT2D eigenvalue weighted by atomic mass is 9.98. The highest BCUT2D eigenvalue weighted by Gasteiger charge is 2.09. The molecule has 0 radical (unpaired) electrons. The summed E-state index contributed by atoms with van der Waals surface area (Å²) in [5.41, 5.74) is 2.34. The molecule has 6 heteroatoms. The van der Waals surface area contributed by atoms with E-state index in [9.17, 15) is 0 Å². The van der Waals surface area contributed by atoms with Crippen molar-refractivity contribution in [1.29, 1.82) is 0 Å². The number of nitrogens with one attached hydrogen (secondary N) is 2. The van der Waals surface area contributed by atoms with Crippen molar-refractivity contribution in [2.24, 2.45) is 4.99 Å². The minimum Gasteiger partial charge on any atom is -0.359 e. The van der Waals surface area contributed by atoms with Gasteiger partial charge in [0.2, 0.25) is 0 Å². The molecule has 0 fully saturated rings. The van der Waals surface area contributed by atoms with Gasteiger partial charge in [-0.3, -0.25) is 4.99 Å². The van der Waals surface area contributed by atoms with Gasteiger partial charge in [0.1, 0.15) is 0 Å². The molecule has 1 aromatic heterocycles. The third kappa shape index (κ3) is 7.05. The molecule has 5 nitrogen and oxygen atoms in total. The van der Waals surface area contributed by atoms with Crippen molar-refractivity contribution < 1.29 is 4.52 Å². The molecule has 1 atom stereocenters. The molecule has 0 aliphatic rings. The number of nitrogens with zero attached hydrogens (tertiary/aromatic N) is 2. The average molecular weight is 456 g/mol. The van der Waals surface area contributed by atoms with Crippen LogP contribution in [0.15, 0.2) is 45.9 Å². The van der Waals surface area contributed by atoms with E-state index in [0.717, 1.165) is 30.4 Å². The van der Waals surface area contributed by atoms with Crippen LogP contribution in [-0.2, 0) is 6.54 Å². The van der Waals surface area contributed by atoms with E-state index < -0.39 is 0 Å². The summed E-state index contributed by atoms with van der Waals surface area (Å²) in [6, 6.07) is 12.6. The van der Waals surface area contributed by atoms with Crippen LogP contribution in [0.3, 0.4) is 0 Å². The Kier molecular flexibility index (Phi) is 9.55. The van der Waals surface area contributed by atoms with Gasteiger partial charge in [-0.25, -0.2) is 0 Å². The second-order valence-electron chi connectivity index (χ2n) is 6.33. The van der Waals surface area contributed by atoms with Crippen molar-refractivity contribution in [1.82, 2.24) is 15.8 Å². The first-order chi connectivity index (χ1) is 11.6. The zero-order valence-corrected chi connectivity index (χ0v) is 17.8. The number of halogens is 1. The maximum absolute atomic E-state index is 5.33. The average Bonchev–Trinajstić information content (AvgIpc) is 3.08. The normalized spacial score (nSPS) is 12.6. The van der Waals surface area contributed by atoms with Gasteiger partial charge in [-0.15, -0.1) is 24.0 Å². The summed E-state index contributed by atoms with van der Waals surface area (Å²) >= 11 is 0. The number of aliphatic imine (C=N–C) groups is 1. The molecule has 0 saturated heterocycles. The van der Waals surface area contributed by atoms with E-state index in [4.69, 9.17) is 4.52 Å². The van der Waals surface area contributed by atoms with Gasteiger partial charge in [0.05, 0.1) is 12.2 Å². The number of guanidine groups is 1. The van der Waals surface area contributed by atoms with E-state index in [2.05, 4.69) is 71.9 Å². The highest BCUT2D eigenvalue weighted by molar-refractivity contribution is 14.0. The highest BCUT2D eigenvalue weighted by Crippen LogP contribution is 2.17. The van der Waals surface area contributed by atoms with Gasteiger partial charge in [-0.2, -0.15) is 0 Å². The lowest BCUT2D eigenvalue weighted by molar-refractivity contribution is 0.372. The molecule has 1 aromatic carbocycles. The standard InChI is InChI=1S/C19H28N4O.HI/c1-14(2)18-12-17(24-23-18)13-22-19(20-4)21-11-10-15(3)16-8-6-5-7-9-16;/h5-9,12,14-15H,10-11,13H2,1-4H3,(H2,20,21,22);1H. The quantitative estimate of drug-likeness (QED) is 0.371. The Morgan fingerprint density at radius 3 is 2.48 bits per heavy atom. The summed E-state index contributed by atoms with van der Waals surface area (Å²) in [6.07, 6.45) is 1.05. The third-order valence-electron chi connectivity index (χ3n) is 4.06. The highest BCUT2D eigenvalue weighted by atomic mass is 127. The molecule has 2 rings (SSSR count). The first-order valence-electron chi connectivity index (χ1n) is 8.55. The van der Waals surface area contributed by atoms with Crippen molar-refractivity contribution in [2.75, 3.05) is 13.6 Å². The van der Waals surface area contributed by atoms with Crippen molar-refractivity contribution in [2.45, 2.75) is 45.6 Å². The van der Waals surface area contributed by atoms with Crippen molar-refractivity contribution in [3.8, 4) is 0 Å². The van der Waals surface area contributed by atoms with E-state index >= 15 is 0 Å². The Hall–Kier alpha value is -1.57. The van der Waals surface area contributed by atoms with Gasteiger partial charge in [0.15, 0.2) is 11.7 Å². The molecule has 0 aliphatic carbocycles. The lowest BCUT2D eigenvalue weighted by Gasteiger charge is -2.14. The van der Waals surface area contributed by atoms with Crippen LogP contribution in [0, 0.1) is 0 Å². The zero-order chi connectivity index (χ0) is 17.4. The van der Waals surface area contributed by atoms with Crippen molar-refractivity contribution >= 4 is 29.9 Å². The molecule has 0 spiro atoms. The van der Waals surface area contributed by atoms with E-state index in [1.807, 2.05) is 6.07 Å². The summed E-state index contributed by atoms with van der Waals surface area (Å²) < 4.78 is 5.33. The number of hydrogen-bond acceptors (Lipinski definition) is 3. The van der Waals surface area contributed by atoms with Crippen LogP contribution in [0.4, 0.5) is 0 Å². The number of rotatable bonds is 7. The Labute approximate surface area is 167 Å². The van der Waals surface area contributed by atoms with Gasteiger partial charge in [-0.05, 0) is 23.8 Å². The van der Waals surface area contributed by atoms with Crippen LogP contribution >= 0.6 is 24.0 Å². The summed E-state index contributed by atoms with van der Waals surface area (Å²) in [5.74, 6) is 2.48. The van der Waals surface area contributed by atoms with E-state index in [1.165, 1.54) is 5.56 Å². The van der Waals surface area contributed by atoms with Gasteiger partial charge in [0, 0.05) is 19.7 Å². The van der Waals surface area contributed by atoms with Crippen molar-refractivity contribution in [3.63, 3.8) is 0 Å². The summed E-state index contributed by atoms with van der Waals surface area (Å²) in [6.45, 7) is 7.89. The van der Waals surface area contributed by atoms with E-state index in [1.54, 1.807) is 7.05 Å². The Bertz CT molecular complexity index is 640. The number of hydrogen-bond donors (Lipinski definition) is 2. The summed E-state index contributed by atoms with van der Waals surface area (Å²) in [4.78, 5) is 4.25. The molecule has 138 valence electrons. The van der Waals surface area contributed by atoms with E-state index in [0.29, 0.717) is 18.4 Å². The molecule has 25 heavy (non-hydrogen) atoms. The van der Waals surface area contributed by atoms with E-state index in [-0.39, 0.29) is 24.0 Å². The molecule has 0 bridgehead atoms. The lowest BCUT2D eigenvalue weighted by Crippen LogP contribution is -2.37. The second-order valence-corrected chi connectivity index (χ2v) is 6.33. The minimum absolute atomic E-state index is 0. The molecular weight excluding hydrogens is 427 g/mol. The van der Waals surface area contributed by atoms with Gasteiger partial charge < -0.3 is 15.2 Å². The number of benzene rings is 1. The first-order valence-corrected chi connectivity index (χ1v) is 8.55. The van der Waals surface area contributed by atoms with Crippen LogP contribution in [-0.4, -0.2) is 24.7 Å². The van der Waals surface area contributed by atoms with Gasteiger partial charge >= 0.3 is 0 Å². The predicted molar refractivity (Wildman–Crippen MR) is 114 cm³/mol. The SMILES string of the molecule is CN=C(NCCC(C)c1ccccc1)NCc1cc(C(C)C)no1.I. The monoisotopic (exact) mass is 456 g/mol. The van der Waals surface area contributed by atoms with Gasteiger partial charge in [0.25, 0.3) is 0 Å². The molecular formula is C19H29IN4O. The smallest absolute Gasteiger partial charge is 0.191 e. The largest absolute Gasteiger partial charge is 0.359 e. The molecule has 1 heterocycles. The summed E-state index contributed by atoms with van der Waals surface area (Å²) in [5, 5.41) is 10.7. The van der Waals surface area contributed by atoms with Crippen LogP contribution in [0.2, 0.25) is 0 Å². The zero-order valence-electron chi connectivity index (χ0n) is 15.5. The Balaban J connectivity index is 0.00000312.